The molecule has 2 fully saturated rings. The molecule has 3 unspecified atom stereocenters. The van der Waals surface area contributed by atoms with E-state index in [2.05, 4.69) is 48.9 Å². The minimum atomic E-state index is 0.159. The largest absolute Gasteiger partial charge is 0.246 e. The number of aryl methyl sites for hydroxylation is 1. The first-order valence-corrected chi connectivity index (χ1v) is 8.42. The molecule has 20 heavy (non-hydrogen) atoms. The van der Waals surface area contributed by atoms with Crippen molar-refractivity contribution in [3.63, 3.8) is 0 Å². The maximum Gasteiger partial charge on any atom is 0.0827 e. The summed E-state index contributed by atoms with van der Waals surface area (Å²) in [5, 5.41) is 8.97. The molecule has 0 amide bonds. The van der Waals surface area contributed by atoms with Crippen LogP contribution in [0.25, 0.3) is 0 Å². The number of aromatic nitrogens is 3. The summed E-state index contributed by atoms with van der Waals surface area (Å²) in [5.41, 5.74) is 1.68. The molecule has 0 spiro atoms. The predicted octanol–water partition coefficient (Wildman–Crippen LogP) is 4.18. The Morgan fingerprint density at radius 2 is 1.95 bits per heavy atom. The van der Waals surface area contributed by atoms with Crippen LogP contribution >= 0.6 is 0 Å². The zero-order valence-electron chi connectivity index (χ0n) is 13.5. The van der Waals surface area contributed by atoms with Gasteiger partial charge in [-0.15, -0.1) is 5.10 Å². The van der Waals surface area contributed by atoms with Crippen LogP contribution in [0.2, 0.25) is 0 Å². The molecule has 0 saturated heterocycles. The zero-order chi connectivity index (χ0) is 14.4. The maximum absolute atomic E-state index is 4.53. The minimum absolute atomic E-state index is 0.159. The Hall–Kier alpha value is -0.860. The summed E-state index contributed by atoms with van der Waals surface area (Å²) in [5.74, 6) is 1.65. The highest BCUT2D eigenvalue weighted by molar-refractivity contribution is 5.13. The summed E-state index contributed by atoms with van der Waals surface area (Å²) in [6, 6.07) is 0. The summed E-state index contributed by atoms with van der Waals surface area (Å²) in [6.07, 6.45) is 11.3. The van der Waals surface area contributed by atoms with Crippen LogP contribution in [0.1, 0.15) is 71.9 Å². The average molecular weight is 275 g/mol. The van der Waals surface area contributed by atoms with Crippen LogP contribution in [-0.4, -0.2) is 15.0 Å². The van der Waals surface area contributed by atoms with Gasteiger partial charge in [0.25, 0.3) is 0 Å². The first kappa shape index (κ1) is 14.1. The molecule has 3 rings (SSSR count). The minimum Gasteiger partial charge on any atom is -0.246 e. The van der Waals surface area contributed by atoms with Crippen molar-refractivity contribution in [2.45, 2.75) is 78.2 Å². The number of unbranched alkanes of at least 4 members (excludes halogenated alkanes) is 2. The highest BCUT2D eigenvalue weighted by Crippen LogP contribution is 2.64. The molecule has 2 saturated carbocycles. The van der Waals surface area contributed by atoms with Gasteiger partial charge in [-0.3, -0.25) is 0 Å². The standard InChI is InChI=1S/C17H29N3/c1-5-6-7-8-15-12-20(19-18-15)17(4)14-10-9-13(11-14)16(17,2)3/h12-14H,5-11H2,1-4H3. The Morgan fingerprint density at radius 3 is 2.60 bits per heavy atom. The van der Waals surface area contributed by atoms with E-state index in [1.165, 1.54) is 44.2 Å². The van der Waals surface area contributed by atoms with Gasteiger partial charge in [0.05, 0.1) is 11.2 Å². The third kappa shape index (κ3) is 1.85. The van der Waals surface area contributed by atoms with Gasteiger partial charge in [-0.2, -0.15) is 0 Å². The lowest BCUT2D eigenvalue weighted by Gasteiger charge is -2.47. The van der Waals surface area contributed by atoms with Crippen molar-refractivity contribution in [3.8, 4) is 0 Å². The van der Waals surface area contributed by atoms with E-state index in [1.807, 2.05) is 0 Å². The van der Waals surface area contributed by atoms with Crippen LogP contribution in [0.3, 0.4) is 0 Å². The molecular weight excluding hydrogens is 246 g/mol. The van der Waals surface area contributed by atoms with E-state index in [0.29, 0.717) is 5.41 Å². The molecule has 0 radical (unpaired) electrons. The molecule has 1 aromatic rings. The molecule has 3 heteroatoms. The maximum atomic E-state index is 4.53. The lowest BCUT2D eigenvalue weighted by Crippen LogP contribution is -2.49. The Bertz CT molecular complexity index is 476. The van der Waals surface area contributed by atoms with Crippen LogP contribution in [0, 0.1) is 17.3 Å². The van der Waals surface area contributed by atoms with Crippen LogP contribution in [-0.2, 0) is 12.0 Å². The quantitative estimate of drug-likeness (QED) is 0.755. The fourth-order valence-corrected chi connectivity index (χ4v) is 4.77. The molecule has 0 aliphatic heterocycles. The monoisotopic (exact) mass is 275 g/mol. The van der Waals surface area contributed by atoms with Crippen molar-refractivity contribution in [2.75, 3.05) is 0 Å². The molecule has 0 N–H and O–H groups in total. The van der Waals surface area contributed by atoms with E-state index >= 15 is 0 Å². The van der Waals surface area contributed by atoms with Gasteiger partial charge >= 0.3 is 0 Å². The summed E-state index contributed by atoms with van der Waals surface area (Å²) in [6.45, 7) is 9.54. The Balaban J connectivity index is 1.82. The van der Waals surface area contributed by atoms with E-state index in [-0.39, 0.29) is 5.54 Å². The number of nitrogens with zero attached hydrogens (tertiary/aromatic N) is 3. The Kier molecular flexibility index (Phi) is 3.42. The van der Waals surface area contributed by atoms with Crippen molar-refractivity contribution in [1.82, 2.24) is 15.0 Å². The highest BCUT2D eigenvalue weighted by atomic mass is 15.5. The molecule has 2 aliphatic rings. The second-order valence-electron chi connectivity index (χ2n) is 7.69. The summed E-state index contributed by atoms with van der Waals surface area (Å²) >= 11 is 0. The zero-order valence-corrected chi connectivity index (χ0v) is 13.5. The number of hydrogen-bond acceptors (Lipinski definition) is 2. The van der Waals surface area contributed by atoms with E-state index in [0.717, 1.165) is 18.3 Å². The SMILES string of the molecule is CCCCCc1cn(C2(C)C3CCC(C3)C2(C)C)nn1. The molecule has 3 nitrogen and oxygen atoms in total. The van der Waals surface area contributed by atoms with Gasteiger partial charge in [0.15, 0.2) is 0 Å². The molecule has 0 aromatic carbocycles. The van der Waals surface area contributed by atoms with Crippen molar-refractivity contribution in [3.05, 3.63) is 11.9 Å². The van der Waals surface area contributed by atoms with Crippen molar-refractivity contribution >= 4 is 0 Å². The molecular formula is C17H29N3. The van der Waals surface area contributed by atoms with Crippen molar-refractivity contribution < 1.29 is 0 Å². The smallest absolute Gasteiger partial charge is 0.0827 e. The van der Waals surface area contributed by atoms with Gasteiger partial charge < -0.3 is 0 Å². The normalized spacial score (nSPS) is 34.8. The lowest BCUT2D eigenvalue weighted by atomic mass is 9.64. The molecule has 112 valence electrons. The van der Waals surface area contributed by atoms with Crippen molar-refractivity contribution in [2.24, 2.45) is 17.3 Å². The first-order valence-electron chi connectivity index (χ1n) is 8.42. The second kappa shape index (κ2) is 4.85. The molecule has 2 aliphatic carbocycles. The fourth-order valence-electron chi connectivity index (χ4n) is 4.77. The van der Waals surface area contributed by atoms with Gasteiger partial charge in [-0.05, 0) is 56.3 Å². The van der Waals surface area contributed by atoms with Gasteiger partial charge in [0.2, 0.25) is 0 Å². The third-order valence-electron chi connectivity index (χ3n) is 6.61. The van der Waals surface area contributed by atoms with E-state index in [9.17, 15) is 0 Å². The number of rotatable bonds is 5. The van der Waals surface area contributed by atoms with Crippen LogP contribution in [0.5, 0.6) is 0 Å². The summed E-state index contributed by atoms with van der Waals surface area (Å²) in [4.78, 5) is 0. The van der Waals surface area contributed by atoms with Gasteiger partial charge in [0.1, 0.15) is 0 Å². The summed E-state index contributed by atoms with van der Waals surface area (Å²) < 4.78 is 2.22. The Morgan fingerprint density at radius 1 is 1.20 bits per heavy atom. The van der Waals surface area contributed by atoms with Gasteiger partial charge in [-0.25, -0.2) is 4.68 Å². The van der Waals surface area contributed by atoms with E-state index < -0.39 is 0 Å². The predicted molar refractivity (Wildman–Crippen MR) is 81.5 cm³/mol. The number of fused-ring (bicyclic) bond motifs is 2. The second-order valence-corrected chi connectivity index (χ2v) is 7.69. The van der Waals surface area contributed by atoms with Crippen molar-refractivity contribution in [1.29, 1.82) is 0 Å². The number of hydrogen-bond donors (Lipinski definition) is 0. The Labute approximate surface area is 123 Å². The average Bonchev–Trinajstić information content (AvgIpc) is 3.09. The van der Waals surface area contributed by atoms with E-state index in [1.54, 1.807) is 0 Å². The summed E-state index contributed by atoms with van der Waals surface area (Å²) in [7, 11) is 0. The molecule has 3 atom stereocenters. The molecule has 2 bridgehead atoms. The fraction of sp³-hybridized carbons (Fsp3) is 0.882. The lowest BCUT2D eigenvalue weighted by molar-refractivity contribution is 0.0199. The van der Waals surface area contributed by atoms with Gasteiger partial charge in [0, 0.05) is 6.20 Å². The van der Waals surface area contributed by atoms with Crippen LogP contribution < -0.4 is 0 Å². The van der Waals surface area contributed by atoms with E-state index in [4.69, 9.17) is 0 Å². The topological polar surface area (TPSA) is 30.7 Å². The van der Waals surface area contributed by atoms with Gasteiger partial charge in [-0.1, -0.05) is 38.8 Å². The highest BCUT2D eigenvalue weighted by Gasteiger charge is 2.61. The molecule has 1 heterocycles. The van der Waals surface area contributed by atoms with Crippen LogP contribution in [0.15, 0.2) is 6.20 Å². The molecule has 1 aromatic heterocycles. The third-order valence-corrected chi connectivity index (χ3v) is 6.61. The first-order chi connectivity index (χ1) is 9.50. The van der Waals surface area contributed by atoms with Crippen LogP contribution in [0.4, 0.5) is 0 Å².